The van der Waals surface area contributed by atoms with Crippen LogP contribution in [-0.2, 0) is 0 Å². The molecule has 33 heavy (non-hydrogen) atoms. The summed E-state index contributed by atoms with van der Waals surface area (Å²) in [5.74, 6) is -0.171. The van der Waals surface area contributed by atoms with E-state index in [9.17, 15) is 9.90 Å². The Morgan fingerprint density at radius 1 is 0.879 bits per heavy atom. The van der Waals surface area contributed by atoms with Crippen LogP contribution in [0.15, 0.2) is 88.4 Å². The number of para-hydroxylation sites is 1. The molecular weight excluding hydrogens is 472 g/mol. The quantitative estimate of drug-likeness (QED) is 0.295. The average molecular weight is 487 g/mol. The van der Waals surface area contributed by atoms with Gasteiger partial charge in [0.15, 0.2) is 10.2 Å². The van der Waals surface area contributed by atoms with Gasteiger partial charge in [-0.3, -0.25) is 4.57 Å². The van der Waals surface area contributed by atoms with Crippen molar-refractivity contribution in [3.8, 4) is 16.4 Å². The maximum Gasteiger partial charge on any atom is 0.335 e. The normalized spacial score (nSPS) is 11.4. The molecular formula is C24H14N4O2S3. The Hall–Kier alpha value is -3.53. The monoisotopic (exact) mass is 486 g/mol. The molecule has 0 bridgehead atoms. The van der Waals surface area contributed by atoms with E-state index in [4.69, 9.17) is 0 Å². The fourth-order valence-corrected chi connectivity index (χ4v) is 6.65. The minimum atomic E-state index is -0.948. The van der Waals surface area contributed by atoms with Crippen molar-refractivity contribution in [1.29, 1.82) is 0 Å². The summed E-state index contributed by atoms with van der Waals surface area (Å²) in [7, 11) is 0. The first-order chi connectivity index (χ1) is 16.2. The predicted molar refractivity (Wildman–Crippen MR) is 133 cm³/mol. The van der Waals surface area contributed by atoms with E-state index in [1.165, 1.54) is 33.2 Å². The van der Waals surface area contributed by atoms with Gasteiger partial charge in [0.2, 0.25) is 5.16 Å². The van der Waals surface area contributed by atoms with E-state index in [2.05, 4.69) is 33.4 Å². The van der Waals surface area contributed by atoms with Gasteiger partial charge in [0.1, 0.15) is 0 Å². The lowest BCUT2D eigenvalue weighted by atomic mass is 10.2. The summed E-state index contributed by atoms with van der Waals surface area (Å²) < 4.78 is 4.85. The Balaban J connectivity index is 1.45. The second-order valence-electron chi connectivity index (χ2n) is 7.20. The number of carboxylic acid groups (broad SMARTS) is 1. The van der Waals surface area contributed by atoms with Gasteiger partial charge in [-0.25, -0.2) is 9.78 Å². The molecule has 0 aliphatic rings. The van der Waals surface area contributed by atoms with E-state index in [1.807, 2.05) is 47.0 Å². The van der Waals surface area contributed by atoms with E-state index in [1.54, 1.807) is 29.5 Å². The molecule has 0 aliphatic carbocycles. The number of hydrogen-bond donors (Lipinski definition) is 1. The number of nitrogens with zero attached hydrogens (tertiary/aromatic N) is 4. The summed E-state index contributed by atoms with van der Waals surface area (Å²) in [6.45, 7) is 0. The topological polar surface area (TPSA) is 80.9 Å². The van der Waals surface area contributed by atoms with Gasteiger partial charge in [0, 0.05) is 10.4 Å². The van der Waals surface area contributed by atoms with Crippen LogP contribution in [0.4, 0.5) is 0 Å². The molecule has 0 atom stereocenters. The van der Waals surface area contributed by atoms with Gasteiger partial charge in [0.25, 0.3) is 0 Å². The Bertz CT molecular complexity index is 1600. The largest absolute Gasteiger partial charge is 0.478 e. The van der Waals surface area contributed by atoms with Crippen molar-refractivity contribution in [3.05, 3.63) is 84.4 Å². The van der Waals surface area contributed by atoms with Crippen molar-refractivity contribution in [1.82, 2.24) is 19.7 Å². The van der Waals surface area contributed by atoms with Crippen LogP contribution in [0.1, 0.15) is 10.4 Å². The molecule has 0 saturated heterocycles. The minimum absolute atomic E-state index is 0.252. The molecule has 9 heteroatoms. The highest BCUT2D eigenvalue weighted by Gasteiger charge is 2.20. The third-order valence-corrected chi connectivity index (χ3v) is 8.23. The lowest BCUT2D eigenvalue weighted by Gasteiger charge is -2.08. The molecule has 6 aromatic rings. The Morgan fingerprint density at radius 2 is 1.70 bits per heavy atom. The first-order valence-corrected chi connectivity index (χ1v) is 12.4. The van der Waals surface area contributed by atoms with Gasteiger partial charge in [-0.2, -0.15) is 0 Å². The zero-order chi connectivity index (χ0) is 22.4. The molecule has 0 spiro atoms. The summed E-state index contributed by atoms with van der Waals surface area (Å²) in [4.78, 5) is 17.0. The van der Waals surface area contributed by atoms with E-state index < -0.39 is 5.97 Å². The number of thiophene rings is 1. The number of aromatic nitrogens is 4. The third kappa shape index (κ3) is 3.70. The first kappa shape index (κ1) is 20.1. The molecule has 0 radical (unpaired) electrons. The summed E-state index contributed by atoms with van der Waals surface area (Å²) >= 11 is 4.56. The van der Waals surface area contributed by atoms with Crippen molar-refractivity contribution in [2.45, 2.75) is 9.50 Å². The van der Waals surface area contributed by atoms with Crippen LogP contribution in [0.2, 0.25) is 0 Å². The summed E-state index contributed by atoms with van der Waals surface area (Å²) in [6.07, 6.45) is 0. The highest BCUT2D eigenvalue weighted by atomic mass is 32.2. The number of carboxylic acids is 1. The second-order valence-corrected chi connectivity index (χ2v) is 10.5. The number of thiazole rings is 1. The van der Waals surface area contributed by atoms with Gasteiger partial charge < -0.3 is 5.11 Å². The van der Waals surface area contributed by atoms with Gasteiger partial charge in [0.05, 0.1) is 20.7 Å². The lowest BCUT2D eigenvalue weighted by molar-refractivity contribution is 0.0697. The van der Waals surface area contributed by atoms with Gasteiger partial charge in [-0.1, -0.05) is 36.4 Å². The molecule has 0 amide bonds. The minimum Gasteiger partial charge on any atom is -0.478 e. The molecule has 3 aromatic heterocycles. The Morgan fingerprint density at radius 3 is 2.52 bits per heavy atom. The van der Waals surface area contributed by atoms with Crippen LogP contribution in [-0.4, -0.2) is 30.8 Å². The predicted octanol–water partition coefficient (Wildman–Crippen LogP) is 6.61. The third-order valence-electron chi connectivity index (χ3n) is 5.09. The van der Waals surface area contributed by atoms with E-state index >= 15 is 0 Å². The van der Waals surface area contributed by atoms with Crippen LogP contribution in [0, 0.1) is 0 Å². The van der Waals surface area contributed by atoms with E-state index in [0.717, 1.165) is 30.9 Å². The smallest absolute Gasteiger partial charge is 0.335 e. The highest BCUT2D eigenvalue weighted by molar-refractivity contribution is 8.01. The highest BCUT2D eigenvalue weighted by Crippen LogP contribution is 2.39. The molecule has 3 aromatic carbocycles. The van der Waals surface area contributed by atoms with Crippen molar-refractivity contribution >= 4 is 60.7 Å². The molecule has 0 unspecified atom stereocenters. The van der Waals surface area contributed by atoms with Crippen LogP contribution in [0.25, 0.3) is 36.7 Å². The van der Waals surface area contributed by atoms with E-state index in [-0.39, 0.29) is 5.56 Å². The molecule has 6 rings (SSSR count). The fraction of sp³-hybridized carbons (Fsp3) is 0. The zero-order valence-electron chi connectivity index (χ0n) is 16.9. The standard InChI is InChI=1S/C24H14N4O2S3/c29-22(30)15-10-11-17-19(13-15)32-24(25-17)33-23-27-26-21(28(23)16-7-2-1-3-8-16)20-12-14-6-4-5-9-18(14)31-20/h1-13H,(H,29,30). The lowest BCUT2D eigenvalue weighted by Crippen LogP contribution is -1.98. The molecule has 0 fully saturated rings. The van der Waals surface area contributed by atoms with Crippen molar-refractivity contribution in [3.63, 3.8) is 0 Å². The molecule has 3 heterocycles. The molecule has 0 saturated carbocycles. The van der Waals surface area contributed by atoms with Gasteiger partial charge in [-0.05, 0) is 59.6 Å². The number of rotatable bonds is 5. The van der Waals surface area contributed by atoms with Crippen molar-refractivity contribution in [2.24, 2.45) is 0 Å². The summed E-state index contributed by atoms with van der Waals surface area (Å²) in [5.41, 5.74) is 1.98. The SMILES string of the molecule is O=C(O)c1ccc2nc(Sc3nnc(-c4cc5ccccc5s4)n3-c3ccccc3)sc2c1. The number of hydrogen-bond acceptors (Lipinski definition) is 7. The molecule has 0 aliphatic heterocycles. The number of fused-ring (bicyclic) bond motifs is 2. The van der Waals surface area contributed by atoms with Crippen molar-refractivity contribution < 1.29 is 9.90 Å². The Kier molecular flexibility index (Phi) is 4.94. The summed E-state index contributed by atoms with van der Waals surface area (Å²) in [5, 5.41) is 20.2. The van der Waals surface area contributed by atoms with Crippen molar-refractivity contribution in [2.75, 3.05) is 0 Å². The van der Waals surface area contributed by atoms with Crippen LogP contribution in [0.3, 0.4) is 0 Å². The van der Waals surface area contributed by atoms with Crippen LogP contribution < -0.4 is 0 Å². The zero-order valence-corrected chi connectivity index (χ0v) is 19.3. The van der Waals surface area contributed by atoms with Crippen LogP contribution in [0.5, 0.6) is 0 Å². The maximum absolute atomic E-state index is 11.3. The van der Waals surface area contributed by atoms with E-state index in [0.29, 0.717) is 5.16 Å². The van der Waals surface area contributed by atoms with Crippen LogP contribution >= 0.6 is 34.4 Å². The number of aromatic carboxylic acids is 1. The number of carbonyl (C=O) groups is 1. The molecule has 1 N–H and O–H groups in total. The Labute approximate surface area is 200 Å². The van der Waals surface area contributed by atoms with Gasteiger partial charge in [-0.15, -0.1) is 32.9 Å². The number of benzene rings is 3. The average Bonchev–Trinajstić information content (AvgIpc) is 3.55. The first-order valence-electron chi connectivity index (χ1n) is 9.97. The fourth-order valence-electron chi connectivity index (χ4n) is 3.56. The second kappa shape index (κ2) is 8.11. The maximum atomic E-state index is 11.3. The molecule has 160 valence electrons. The molecule has 6 nitrogen and oxygen atoms in total. The summed E-state index contributed by atoms with van der Waals surface area (Å²) in [6, 6.07) is 25.4. The van der Waals surface area contributed by atoms with Gasteiger partial charge >= 0.3 is 5.97 Å².